The molecular weight excluding hydrogens is 491 g/mol. The second-order valence-corrected chi connectivity index (χ2v) is 8.96. The molecule has 14 heteroatoms. The van der Waals surface area contributed by atoms with Crippen LogP contribution in [0.1, 0.15) is 15.9 Å². The number of fused-ring (bicyclic) bond motifs is 1. The Hall–Kier alpha value is -4.03. The molecule has 2 heterocycles. The lowest BCUT2D eigenvalue weighted by atomic mass is 10.1. The van der Waals surface area contributed by atoms with Gasteiger partial charge in [0.05, 0.1) is 12.6 Å². The quantitative estimate of drug-likeness (QED) is 0.194. The first kappa shape index (κ1) is 25.1. The van der Waals surface area contributed by atoms with Crippen molar-refractivity contribution in [2.45, 2.75) is 19.5 Å². The van der Waals surface area contributed by atoms with Gasteiger partial charge in [-0.05, 0) is 42.3 Å². The van der Waals surface area contributed by atoms with E-state index < -0.39 is 14.1 Å². The van der Waals surface area contributed by atoms with E-state index >= 15 is 0 Å². The number of primary amides is 1. The van der Waals surface area contributed by atoms with Gasteiger partial charge < -0.3 is 15.0 Å². The lowest BCUT2D eigenvalue weighted by Gasteiger charge is -2.13. The zero-order chi connectivity index (χ0) is 25.9. The molecule has 2 aromatic carbocycles. The number of aromatic nitrogens is 4. The topological polar surface area (TPSA) is 187 Å². The second kappa shape index (κ2) is 10.3. The summed E-state index contributed by atoms with van der Waals surface area (Å²) in [4.78, 5) is 56.2. The van der Waals surface area contributed by atoms with Crippen molar-refractivity contribution >= 4 is 37.0 Å². The lowest BCUT2D eigenvalue weighted by molar-refractivity contribution is -0.117. The van der Waals surface area contributed by atoms with E-state index in [-0.39, 0.29) is 29.7 Å². The van der Waals surface area contributed by atoms with Gasteiger partial charge in [0.25, 0.3) is 0 Å². The van der Waals surface area contributed by atoms with Gasteiger partial charge >= 0.3 is 8.17 Å². The molecule has 0 bridgehead atoms. The Bertz CT molecular complexity index is 1380. The summed E-state index contributed by atoms with van der Waals surface area (Å²) in [6, 6.07) is 11.1. The van der Waals surface area contributed by atoms with Crippen LogP contribution in [0.25, 0.3) is 11.0 Å². The van der Waals surface area contributed by atoms with Crippen LogP contribution >= 0.6 is 8.17 Å². The summed E-state index contributed by atoms with van der Waals surface area (Å²) in [6.07, 6.45) is 3.71. The number of ether oxygens (including phenoxy) is 1. The average molecular weight is 515 g/mol. The SMILES string of the molecule is COc1cc(C(N)=O)cc2nc(NC(=O)Cn3cccn3)n(CCc3ccc(O[P+](O)(O)O)cc3)c12. The van der Waals surface area contributed by atoms with Gasteiger partial charge in [0.1, 0.15) is 17.8 Å². The Labute approximate surface area is 205 Å². The monoisotopic (exact) mass is 515 g/mol. The van der Waals surface area contributed by atoms with E-state index in [1.54, 1.807) is 35.2 Å². The van der Waals surface area contributed by atoms with Crippen molar-refractivity contribution in [1.82, 2.24) is 19.3 Å². The van der Waals surface area contributed by atoms with Gasteiger partial charge in [-0.2, -0.15) is 19.8 Å². The Kier molecular flexibility index (Phi) is 7.17. The molecule has 0 atom stereocenters. The number of nitrogens with zero attached hydrogens (tertiary/aromatic N) is 4. The van der Waals surface area contributed by atoms with Crippen molar-refractivity contribution in [3.05, 3.63) is 66.0 Å². The molecule has 0 aliphatic carbocycles. The smallest absolute Gasteiger partial charge is 0.494 e. The van der Waals surface area contributed by atoms with Crippen LogP contribution in [-0.4, -0.2) is 52.9 Å². The summed E-state index contributed by atoms with van der Waals surface area (Å²) in [5, 5.41) is 6.82. The second-order valence-electron chi connectivity index (χ2n) is 7.75. The third-order valence-corrected chi connectivity index (χ3v) is 5.66. The average Bonchev–Trinajstić information content (AvgIpc) is 3.44. The number of nitrogens with two attached hydrogens (primary N) is 1. The number of carbonyl (C=O) groups is 2. The van der Waals surface area contributed by atoms with Gasteiger partial charge in [0.2, 0.25) is 17.8 Å². The van der Waals surface area contributed by atoms with Gasteiger partial charge in [-0.15, -0.1) is 0 Å². The molecule has 13 nitrogen and oxygen atoms in total. The molecule has 2 aromatic heterocycles. The predicted octanol–water partition coefficient (Wildman–Crippen LogP) is 1.25. The molecule has 0 aliphatic heterocycles. The zero-order valence-corrected chi connectivity index (χ0v) is 20.0. The van der Waals surface area contributed by atoms with E-state index in [9.17, 15) is 9.59 Å². The maximum Gasteiger partial charge on any atom is 0.613 e. The summed E-state index contributed by atoms with van der Waals surface area (Å²) in [5.41, 5.74) is 7.49. The Balaban J connectivity index is 1.64. The molecule has 2 amide bonds. The summed E-state index contributed by atoms with van der Waals surface area (Å²) >= 11 is 0. The third-order valence-electron chi connectivity index (χ3n) is 5.20. The zero-order valence-electron chi connectivity index (χ0n) is 19.1. The molecule has 0 aliphatic rings. The molecule has 0 unspecified atom stereocenters. The maximum absolute atomic E-state index is 12.7. The van der Waals surface area contributed by atoms with Crippen LogP contribution in [0.2, 0.25) is 0 Å². The third kappa shape index (κ3) is 5.96. The van der Waals surface area contributed by atoms with Crippen molar-refractivity contribution < 1.29 is 33.5 Å². The number of hydrogen-bond acceptors (Lipinski definition) is 9. The number of rotatable bonds is 10. The number of amides is 2. The van der Waals surface area contributed by atoms with Gasteiger partial charge in [0, 0.05) is 24.5 Å². The van der Waals surface area contributed by atoms with Gasteiger partial charge in [-0.1, -0.05) is 12.1 Å². The molecule has 4 aromatic rings. The van der Waals surface area contributed by atoms with Crippen molar-refractivity contribution in [1.29, 1.82) is 0 Å². The minimum absolute atomic E-state index is 0.0218. The van der Waals surface area contributed by atoms with Crippen LogP contribution in [0.4, 0.5) is 5.95 Å². The number of hydrogen-bond donors (Lipinski definition) is 5. The van der Waals surface area contributed by atoms with Crippen molar-refractivity contribution in [3.63, 3.8) is 0 Å². The van der Waals surface area contributed by atoms with Crippen LogP contribution in [0.15, 0.2) is 54.9 Å². The largest absolute Gasteiger partial charge is 0.613 e. The van der Waals surface area contributed by atoms with E-state index in [0.717, 1.165) is 5.56 Å². The molecule has 6 N–H and O–H groups in total. The number of aryl methyl sites for hydroxylation is 2. The first-order valence-electron chi connectivity index (χ1n) is 10.6. The molecule has 0 radical (unpaired) electrons. The van der Waals surface area contributed by atoms with Crippen molar-refractivity contribution in [3.8, 4) is 11.5 Å². The molecular formula is C22H24N6O7P+. The van der Waals surface area contributed by atoms with Crippen molar-refractivity contribution in [2.24, 2.45) is 5.73 Å². The molecule has 188 valence electrons. The fourth-order valence-corrected chi connectivity index (χ4v) is 4.05. The standard InChI is InChI=1S/C22H23N6O7P/c1-34-18-12-15(21(23)30)11-17-20(18)28(22(25-17)26-19(29)13-27-9-2-8-24-27)10-7-14-3-5-16(6-4-14)35-36(31,32)33/h2-6,8-9,11-12,31-33H,7,10,13H2,1H3,(H2-,23,25,26,29,30)/p+1. The molecule has 0 saturated carbocycles. The highest BCUT2D eigenvalue weighted by molar-refractivity contribution is 7.53. The van der Waals surface area contributed by atoms with E-state index in [1.165, 1.54) is 36.1 Å². The first-order valence-corrected chi connectivity index (χ1v) is 12.2. The predicted molar refractivity (Wildman–Crippen MR) is 130 cm³/mol. The van der Waals surface area contributed by atoms with Crippen LogP contribution < -0.4 is 20.3 Å². The molecule has 0 spiro atoms. The number of imidazole rings is 1. The van der Waals surface area contributed by atoms with E-state index in [0.29, 0.717) is 29.7 Å². The van der Waals surface area contributed by atoms with Crippen LogP contribution in [-0.2, 0) is 24.3 Å². The molecule has 36 heavy (non-hydrogen) atoms. The van der Waals surface area contributed by atoms with Gasteiger partial charge in [-0.25, -0.2) is 4.98 Å². The molecule has 0 fully saturated rings. The molecule has 0 saturated heterocycles. The van der Waals surface area contributed by atoms with Crippen LogP contribution in [0.3, 0.4) is 0 Å². The number of methoxy groups -OCH3 is 1. The normalized spacial score (nSPS) is 11.4. The summed E-state index contributed by atoms with van der Waals surface area (Å²) < 4.78 is 13.4. The maximum atomic E-state index is 12.7. The minimum atomic E-state index is -4.40. The fraction of sp³-hybridized carbons (Fsp3) is 0.182. The highest BCUT2D eigenvalue weighted by atomic mass is 31.2. The molecule has 4 rings (SSSR count). The Morgan fingerprint density at radius 1 is 1.17 bits per heavy atom. The van der Waals surface area contributed by atoms with Crippen molar-refractivity contribution in [2.75, 3.05) is 12.4 Å². The number of benzene rings is 2. The summed E-state index contributed by atoms with van der Waals surface area (Å²) in [7, 11) is -2.95. The Morgan fingerprint density at radius 2 is 1.92 bits per heavy atom. The van der Waals surface area contributed by atoms with E-state index in [2.05, 4.69) is 19.9 Å². The highest BCUT2D eigenvalue weighted by Crippen LogP contribution is 2.45. The van der Waals surface area contributed by atoms with E-state index in [4.69, 9.17) is 25.2 Å². The number of anilines is 1. The van der Waals surface area contributed by atoms with E-state index in [1.807, 2.05) is 0 Å². The lowest BCUT2D eigenvalue weighted by Crippen LogP contribution is -2.21. The minimum Gasteiger partial charge on any atom is -0.494 e. The Morgan fingerprint density at radius 3 is 2.53 bits per heavy atom. The highest BCUT2D eigenvalue weighted by Gasteiger charge is 2.34. The fourth-order valence-electron chi connectivity index (χ4n) is 3.65. The summed E-state index contributed by atoms with van der Waals surface area (Å²) in [6.45, 7) is 0.337. The number of carbonyl (C=O) groups excluding carboxylic acids is 2. The van der Waals surface area contributed by atoms with Crippen LogP contribution in [0.5, 0.6) is 11.5 Å². The van der Waals surface area contributed by atoms with Gasteiger partial charge in [0.15, 0.2) is 5.75 Å². The first-order chi connectivity index (χ1) is 17.1. The summed E-state index contributed by atoms with van der Waals surface area (Å²) in [5.74, 6) is -0.289. The van der Waals surface area contributed by atoms with Crippen LogP contribution in [0, 0.1) is 0 Å². The number of nitrogens with one attached hydrogen (secondary N) is 1. The van der Waals surface area contributed by atoms with Gasteiger partial charge in [-0.3, -0.25) is 24.1 Å².